The van der Waals surface area contributed by atoms with Gasteiger partial charge in [0.15, 0.2) is 0 Å². The highest BCUT2D eigenvalue weighted by Crippen LogP contribution is 2.15. The van der Waals surface area contributed by atoms with Crippen LogP contribution in [0, 0.1) is 6.92 Å². The summed E-state index contributed by atoms with van der Waals surface area (Å²) in [6, 6.07) is 20.6. The van der Waals surface area contributed by atoms with E-state index in [0.29, 0.717) is 5.95 Å². The van der Waals surface area contributed by atoms with Crippen LogP contribution in [0.3, 0.4) is 0 Å². The molecule has 122 valence electrons. The normalized spacial score (nSPS) is 10.4. The molecule has 1 heterocycles. The van der Waals surface area contributed by atoms with Gasteiger partial charge in [-0.05, 0) is 29.7 Å². The van der Waals surface area contributed by atoms with Gasteiger partial charge in [0.2, 0.25) is 5.95 Å². The monoisotopic (exact) mass is 318 g/mol. The summed E-state index contributed by atoms with van der Waals surface area (Å²) in [6.07, 6.45) is 1.80. The average molecular weight is 318 g/mol. The zero-order valence-corrected chi connectivity index (χ0v) is 14.1. The lowest BCUT2D eigenvalue weighted by Crippen LogP contribution is -2.18. The number of hydrogen-bond acceptors (Lipinski definition) is 4. The van der Waals surface area contributed by atoms with Crippen molar-refractivity contribution in [1.82, 2.24) is 9.97 Å². The molecule has 1 aromatic heterocycles. The van der Waals surface area contributed by atoms with Gasteiger partial charge in [-0.25, -0.2) is 4.98 Å². The molecule has 0 aliphatic carbocycles. The minimum atomic E-state index is 0.649. The summed E-state index contributed by atoms with van der Waals surface area (Å²) < 4.78 is 0. The van der Waals surface area contributed by atoms with E-state index in [-0.39, 0.29) is 0 Å². The minimum absolute atomic E-state index is 0.649. The lowest BCUT2D eigenvalue weighted by Gasteiger charge is -2.18. The molecule has 4 nitrogen and oxygen atoms in total. The quantitative estimate of drug-likeness (QED) is 0.745. The van der Waals surface area contributed by atoms with Crippen LogP contribution in [0.4, 0.5) is 11.8 Å². The molecule has 24 heavy (non-hydrogen) atoms. The summed E-state index contributed by atoms with van der Waals surface area (Å²) in [4.78, 5) is 11.1. The van der Waals surface area contributed by atoms with Crippen molar-refractivity contribution in [2.24, 2.45) is 0 Å². The van der Waals surface area contributed by atoms with Crippen LogP contribution in [-0.4, -0.2) is 17.0 Å². The fraction of sp³-hybridized carbons (Fsp3) is 0.200. The van der Waals surface area contributed by atoms with E-state index >= 15 is 0 Å². The Bertz CT molecular complexity index is 786. The van der Waals surface area contributed by atoms with Gasteiger partial charge in [0.25, 0.3) is 0 Å². The molecule has 1 N–H and O–H groups in total. The van der Waals surface area contributed by atoms with Gasteiger partial charge in [-0.2, -0.15) is 4.98 Å². The lowest BCUT2D eigenvalue weighted by atomic mass is 10.1. The first-order chi connectivity index (χ1) is 11.7. The molecule has 3 aromatic rings. The van der Waals surface area contributed by atoms with Crippen molar-refractivity contribution in [3.05, 3.63) is 83.6 Å². The number of rotatable bonds is 6. The third-order valence-electron chi connectivity index (χ3n) is 3.99. The van der Waals surface area contributed by atoms with Gasteiger partial charge in [0, 0.05) is 26.3 Å². The second-order valence-electron chi connectivity index (χ2n) is 5.86. The Kier molecular flexibility index (Phi) is 5.06. The van der Waals surface area contributed by atoms with Crippen LogP contribution in [0.1, 0.15) is 16.7 Å². The van der Waals surface area contributed by atoms with Crippen LogP contribution in [-0.2, 0) is 13.1 Å². The van der Waals surface area contributed by atoms with Crippen LogP contribution >= 0.6 is 0 Å². The molecule has 0 atom stereocenters. The number of nitrogens with one attached hydrogen (secondary N) is 1. The predicted octanol–water partition coefficient (Wildman–Crippen LogP) is 4.03. The summed E-state index contributed by atoms with van der Waals surface area (Å²) in [7, 11) is 2.04. The van der Waals surface area contributed by atoms with Crippen molar-refractivity contribution >= 4 is 11.8 Å². The van der Waals surface area contributed by atoms with Gasteiger partial charge < -0.3 is 10.2 Å². The number of anilines is 2. The molecule has 0 radical (unpaired) electrons. The largest absolute Gasteiger partial charge is 0.355 e. The molecule has 0 amide bonds. The molecule has 4 heteroatoms. The van der Waals surface area contributed by atoms with Crippen LogP contribution in [0.2, 0.25) is 0 Å². The molecule has 3 rings (SSSR count). The summed E-state index contributed by atoms with van der Waals surface area (Å²) in [5, 5.41) is 3.31. The van der Waals surface area contributed by atoms with Crippen LogP contribution in [0.5, 0.6) is 0 Å². The van der Waals surface area contributed by atoms with Gasteiger partial charge in [-0.3, -0.25) is 0 Å². The smallest absolute Gasteiger partial charge is 0.224 e. The van der Waals surface area contributed by atoms with Crippen LogP contribution < -0.4 is 10.2 Å². The number of hydrogen-bond donors (Lipinski definition) is 1. The van der Waals surface area contributed by atoms with Crippen molar-refractivity contribution in [2.45, 2.75) is 20.0 Å². The average Bonchev–Trinajstić information content (AvgIpc) is 2.62. The van der Waals surface area contributed by atoms with Crippen molar-refractivity contribution in [3.8, 4) is 0 Å². The third kappa shape index (κ3) is 4.10. The van der Waals surface area contributed by atoms with Gasteiger partial charge in [-0.15, -0.1) is 0 Å². The Morgan fingerprint density at radius 2 is 1.71 bits per heavy atom. The third-order valence-corrected chi connectivity index (χ3v) is 3.99. The topological polar surface area (TPSA) is 41.1 Å². The highest BCUT2D eigenvalue weighted by molar-refractivity contribution is 5.43. The first-order valence-corrected chi connectivity index (χ1v) is 8.09. The predicted molar refractivity (Wildman–Crippen MR) is 99.1 cm³/mol. The summed E-state index contributed by atoms with van der Waals surface area (Å²) in [5.74, 6) is 1.55. The van der Waals surface area contributed by atoms with Crippen molar-refractivity contribution in [1.29, 1.82) is 0 Å². The first kappa shape index (κ1) is 16.0. The maximum absolute atomic E-state index is 4.62. The Morgan fingerprint density at radius 3 is 2.50 bits per heavy atom. The van der Waals surface area contributed by atoms with E-state index in [1.54, 1.807) is 6.20 Å². The molecule has 0 aliphatic heterocycles. The molecule has 0 fully saturated rings. The number of aryl methyl sites for hydroxylation is 1. The van der Waals surface area contributed by atoms with E-state index < -0.39 is 0 Å². The van der Waals surface area contributed by atoms with Gasteiger partial charge >= 0.3 is 0 Å². The minimum Gasteiger partial charge on any atom is -0.355 e. The maximum atomic E-state index is 4.62. The lowest BCUT2D eigenvalue weighted by molar-refractivity contribution is 0.888. The van der Waals surface area contributed by atoms with E-state index in [1.165, 1.54) is 16.7 Å². The van der Waals surface area contributed by atoms with E-state index in [4.69, 9.17) is 0 Å². The highest BCUT2D eigenvalue weighted by Gasteiger charge is 2.06. The summed E-state index contributed by atoms with van der Waals surface area (Å²) in [5.41, 5.74) is 3.78. The van der Waals surface area contributed by atoms with E-state index in [0.717, 1.165) is 18.9 Å². The Hall–Kier alpha value is -2.88. The van der Waals surface area contributed by atoms with Crippen LogP contribution in [0.25, 0.3) is 0 Å². The summed E-state index contributed by atoms with van der Waals surface area (Å²) >= 11 is 0. The van der Waals surface area contributed by atoms with Crippen molar-refractivity contribution in [2.75, 3.05) is 17.3 Å². The van der Waals surface area contributed by atoms with Crippen molar-refractivity contribution in [3.63, 3.8) is 0 Å². The van der Waals surface area contributed by atoms with E-state index in [2.05, 4.69) is 75.6 Å². The maximum Gasteiger partial charge on any atom is 0.224 e. The Labute approximate surface area is 143 Å². The Morgan fingerprint density at radius 1 is 0.958 bits per heavy atom. The molecule has 0 spiro atoms. The van der Waals surface area contributed by atoms with Crippen molar-refractivity contribution < 1.29 is 0 Å². The second kappa shape index (κ2) is 7.59. The zero-order valence-electron chi connectivity index (χ0n) is 14.1. The fourth-order valence-corrected chi connectivity index (χ4v) is 2.57. The number of benzene rings is 2. The van der Waals surface area contributed by atoms with E-state index in [1.807, 2.05) is 19.2 Å². The molecule has 0 unspecified atom stereocenters. The molecule has 2 aromatic carbocycles. The highest BCUT2D eigenvalue weighted by atomic mass is 15.2. The molecule has 0 saturated heterocycles. The van der Waals surface area contributed by atoms with Gasteiger partial charge in [0.1, 0.15) is 5.82 Å². The number of nitrogens with zero attached hydrogens (tertiary/aromatic N) is 3. The first-order valence-electron chi connectivity index (χ1n) is 8.09. The zero-order chi connectivity index (χ0) is 16.8. The standard InChI is InChI=1S/C20H22N4/c1-16-8-6-7-11-18(16)14-22-20-21-13-12-19(23-20)24(2)15-17-9-4-3-5-10-17/h3-13H,14-15H2,1-2H3,(H,21,22,23). The van der Waals surface area contributed by atoms with Gasteiger partial charge in [0.05, 0.1) is 0 Å². The molecule has 0 aliphatic rings. The second-order valence-corrected chi connectivity index (χ2v) is 5.86. The fourth-order valence-electron chi connectivity index (χ4n) is 2.57. The van der Waals surface area contributed by atoms with Gasteiger partial charge in [-0.1, -0.05) is 54.6 Å². The molecular formula is C20H22N4. The van der Waals surface area contributed by atoms with E-state index in [9.17, 15) is 0 Å². The SMILES string of the molecule is Cc1ccccc1CNc1nccc(N(C)Cc2ccccc2)n1. The molecular weight excluding hydrogens is 296 g/mol. The van der Waals surface area contributed by atoms with Crippen LogP contribution in [0.15, 0.2) is 66.9 Å². The molecule has 0 bridgehead atoms. The number of aromatic nitrogens is 2. The Balaban J connectivity index is 1.66. The molecule has 0 saturated carbocycles. The summed E-state index contributed by atoms with van der Waals surface area (Å²) in [6.45, 7) is 3.65.